The maximum absolute atomic E-state index is 12.3. The molecule has 3 heterocycles. The summed E-state index contributed by atoms with van der Waals surface area (Å²) in [5.74, 6) is 0.0905. The zero-order chi connectivity index (χ0) is 11.9. The van der Waals surface area contributed by atoms with Crippen LogP contribution in [0.25, 0.3) is 0 Å². The number of amides is 1. The fraction of sp³-hybridized carbons (Fsp3) is 0.545. The Morgan fingerprint density at radius 1 is 1.65 bits per heavy atom. The maximum atomic E-state index is 12.3. The van der Waals surface area contributed by atoms with Gasteiger partial charge < -0.3 is 5.32 Å². The molecule has 2 aliphatic heterocycles. The number of hydrogen-bond donors (Lipinski definition) is 1. The molecule has 2 aliphatic rings. The lowest BCUT2D eigenvalue weighted by Crippen LogP contribution is -2.52. The molecular weight excluding hydrogens is 236 g/mol. The largest absolute Gasteiger partial charge is 0.315 e. The van der Waals surface area contributed by atoms with Gasteiger partial charge in [0.05, 0.1) is 16.9 Å². The van der Waals surface area contributed by atoms with E-state index in [-0.39, 0.29) is 5.91 Å². The molecule has 0 unspecified atom stereocenters. The average molecular weight is 250 g/mol. The zero-order valence-electron chi connectivity index (χ0n) is 9.64. The summed E-state index contributed by atoms with van der Waals surface area (Å²) in [5.41, 5.74) is 3.32. The van der Waals surface area contributed by atoms with Gasteiger partial charge in [-0.15, -0.1) is 11.3 Å². The summed E-state index contributed by atoms with van der Waals surface area (Å²) in [6.07, 6.45) is 1.51. The Balaban J connectivity index is 1.96. The van der Waals surface area contributed by atoms with Crippen molar-refractivity contribution < 1.29 is 4.79 Å². The molecule has 6 heteroatoms. The fourth-order valence-electron chi connectivity index (χ4n) is 2.61. The number of fused-ring (bicyclic) bond motifs is 1. The minimum atomic E-state index is -0.485. The molecule has 5 nitrogen and oxygen atoms in total. The van der Waals surface area contributed by atoms with Crippen molar-refractivity contribution in [3.8, 4) is 0 Å². The average Bonchev–Trinajstić information content (AvgIpc) is 2.90. The number of aromatic nitrogens is 1. The van der Waals surface area contributed by atoms with Gasteiger partial charge in [-0.2, -0.15) is 5.10 Å². The molecule has 1 aromatic heterocycles. The maximum Gasteiger partial charge on any atom is 0.256 e. The molecule has 1 amide bonds. The van der Waals surface area contributed by atoms with E-state index in [1.54, 1.807) is 18.4 Å². The Morgan fingerprint density at radius 3 is 3.29 bits per heavy atom. The second kappa shape index (κ2) is 3.89. The summed E-state index contributed by atoms with van der Waals surface area (Å²) in [6.45, 7) is 1.57. The molecule has 1 saturated heterocycles. The lowest BCUT2D eigenvalue weighted by atomic mass is 9.75. The van der Waals surface area contributed by atoms with E-state index < -0.39 is 5.41 Å². The zero-order valence-corrected chi connectivity index (χ0v) is 10.5. The highest BCUT2D eigenvalue weighted by Crippen LogP contribution is 2.35. The minimum absolute atomic E-state index is 0.0905. The van der Waals surface area contributed by atoms with Crippen molar-refractivity contribution in [1.82, 2.24) is 15.3 Å². The number of rotatable bonds is 2. The number of hydrogen-bond acceptors (Lipinski definition) is 5. The molecule has 3 rings (SSSR count). The smallest absolute Gasteiger partial charge is 0.256 e. The third-order valence-electron chi connectivity index (χ3n) is 3.46. The van der Waals surface area contributed by atoms with Crippen LogP contribution in [0, 0.1) is 5.41 Å². The van der Waals surface area contributed by atoms with Crippen molar-refractivity contribution in [2.45, 2.75) is 12.8 Å². The number of nitrogens with zero attached hydrogens (tertiary/aromatic N) is 3. The highest BCUT2D eigenvalue weighted by atomic mass is 32.1. The monoisotopic (exact) mass is 250 g/mol. The van der Waals surface area contributed by atoms with Gasteiger partial charge in [0.1, 0.15) is 5.41 Å². The molecule has 0 spiro atoms. The van der Waals surface area contributed by atoms with E-state index >= 15 is 0 Å². The van der Waals surface area contributed by atoms with E-state index in [0.29, 0.717) is 13.0 Å². The van der Waals surface area contributed by atoms with Crippen LogP contribution in [-0.2, 0) is 11.2 Å². The first-order chi connectivity index (χ1) is 8.22. The van der Waals surface area contributed by atoms with Crippen molar-refractivity contribution in [1.29, 1.82) is 0 Å². The SMILES string of the molecule is CN1N=C2CCNC[C@@]2(Cc2cscn2)C1=O. The summed E-state index contributed by atoms with van der Waals surface area (Å²) in [7, 11) is 1.73. The van der Waals surface area contributed by atoms with Gasteiger partial charge in [0.25, 0.3) is 5.91 Å². The van der Waals surface area contributed by atoms with Gasteiger partial charge >= 0.3 is 0 Å². The van der Waals surface area contributed by atoms with E-state index in [1.807, 2.05) is 10.9 Å². The highest BCUT2D eigenvalue weighted by Gasteiger charge is 2.51. The van der Waals surface area contributed by atoms with E-state index in [2.05, 4.69) is 15.4 Å². The van der Waals surface area contributed by atoms with Gasteiger partial charge in [0.2, 0.25) is 0 Å². The Labute approximate surface area is 104 Å². The molecule has 1 N–H and O–H groups in total. The predicted octanol–water partition coefficient (Wildman–Crippen LogP) is 0.493. The number of thiazole rings is 1. The van der Waals surface area contributed by atoms with Crippen LogP contribution in [0.3, 0.4) is 0 Å². The number of carbonyl (C=O) groups is 1. The van der Waals surface area contributed by atoms with E-state index in [0.717, 1.165) is 24.4 Å². The van der Waals surface area contributed by atoms with Crippen LogP contribution in [0.1, 0.15) is 12.1 Å². The van der Waals surface area contributed by atoms with Gasteiger partial charge in [-0.3, -0.25) is 4.79 Å². The third-order valence-corrected chi connectivity index (χ3v) is 4.09. The molecule has 0 radical (unpaired) electrons. The standard InChI is InChI=1S/C11H14N4OS/c1-15-10(16)11(4-8-5-17-7-13-8)6-12-3-2-9(11)14-15/h5,7,12H,2-4,6H2,1H3/t11-/m1/s1. The molecule has 1 aromatic rings. The minimum Gasteiger partial charge on any atom is -0.315 e. The molecule has 0 saturated carbocycles. The van der Waals surface area contributed by atoms with Gasteiger partial charge in [-0.05, 0) is 0 Å². The first-order valence-electron chi connectivity index (χ1n) is 5.66. The second-order valence-electron chi connectivity index (χ2n) is 4.54. The first kappa shape index (κ1) is 10.9. The molecule has 1 atom stereocenters. The number of carbonyl (C=O) groups excluding carboxylic acids is 1. The Bertz CT molecular complexity index is 470. The van der Waals surface area contributed by atoms with Gasteiger partial charge in [0, 0.05) is 38.4 Å². The van der Waals surface area contributed by atoms with Gasteiger partial charge in [-0.25, -0.2) is 9.99 Å². The third kappa shape index (κ3) is 1.59. The van der Waals surface area contributed by atoms with E-state index in [4.69, 9.17) is 0 Å². The molecule has 17 heavy (non-hydrogen) atoms. The second-order valence-corrected chi connectivity index (χ2v) is 5.26. The summed E-state index contributed by atoms with van der Waals surface area (Å²) in [6, 6.07) is 0. The van der Waals surface area contributed by atoms with Gasteiger partial charge in [0.15, 0.2) is 0 Å². The number of hydrazone groups is 1. The van der Waals surface area contributed by atoms with Crippen LogP contribution in [0.4, 0.5) is 0 Å². The van der Waals surface area contributed by atoms with Crippen LogP contribution >= 0.6 is 11.3 Å². The normalized spacial score (nSPS) is 28.2. The van der Waals surface area contributed by atoms with Crippen molar-refractivity contribution >= 4 is 23.0 Å². The highest BCUT2D eigenvalue weighted by molar-refractivity contribution is 7.07. The summed E-state index contributed by atoms with van der Waals surface area (Å²) >= 11 is 1.56. The molecule has 0 aliphatic carbocycles. The summed E-state index contributed by atoms with van der Waals surface area (Å²) < 4.78 is 0. The van der Waals surface area contributed by atoms with Crippen molar-refractivity contribution in [2.75, 3.05) is 20.1 Å². The molecular formula is C11H14N4OS. The Morgan fingerprint density at radius 2 is 2.53 bits per heavy atom. The lowest BCUT2D eigenvalue weighted by Gasteiger charge is -2.32. The Kier molecular flexibility index (Phi) is 2.48. The topological polar surface area (TPSA) is 57.6 Å². The summed E-state index contributed by atoms with van der Waals surface area (Å²) in [4.78, 5) is 16.6. The quantitative estimate of drug-likeness (QED) is 0.831. The molecule has 90 valence electrons. The van der Waals surface area contributed by atoms with Crippen LogP contribution in [0.5, 0.6) is 0 Å². The molecule has 0 aromatic carbocycles. The molecule has 1 fully saturated rings. The van der Waals surface area contributed by atoms with Crippen LogP contribution in [0.15, 0.2) is 16.0 Å². The van der Waals surface area contributed by atoms with Crippen molar-refractivity contribution in [3.05, 3.63) is 16.6 Å². The van der Waals surface area contributed by atoms with Crippen LogP contribution < -0.4 is 5.32 Å². The van der Waals surface area contributed by atoms with Crippen LogP contribution in [-0.4, -0.2) is 41.7 Å². The number of piperidine rings is 1. The Hall–Kier alpha value is -1.27. The predicted molar refractivity (Wildman–Crippen MR) is 65.9 cm³/mol. The van der Waals surface area contributed by atoms with Crippen molar-refractivity contribution in [2.24, 2.45) is 10.5 Å². The lowest BCUT2D eigenvalue weighted by molar-refractivity contribution is -0.135. The fourth-order valence-corrected chi connectivity index (χ4v) is 3.16. The number of nitrogens with one attached hydrogen (secondary N) is 1. The van der Waals surface area contributed by atoms with Crippen molar-refractivity contribution in [3.63, 3.8) is 0 Å². The van der Waals surface area contributed by atoms with E-state index in [1.165, 1.54) is 5.01 Å². The molecule has 0 bridgehead atoms. The van der Waals surface area contributed by atoms with E-state index in [9.17, 15) is 4.79 Å². The first-order valence-corrected chi connectivity index (χ1v) is 6.60. The van der Waals surface area contributed by atoms with Crippen LogP contribution in [0.2, 0.25) is 0 Å². The van der Waals surface area contributed by atoms with Gasteiger partial charge in [-0.1, -0.05) is 0 Å². The summed E-state index contributed by atoms with van der Waals surface area (Å²) in [5, 5.41) is 11.2.